The van der Waals surface area contributed by atoms with Gasteiger partial charge >= 0.3 is 0 Å². The summed E-state index contributed by atoms with van der Waals surface area (Å²) >= 11 is 1.60. The Morgan fingerprint density at radius 2 is 2.17 bits per heavy atom. The number of aromatic nitrogens is 1. The number of anilines is 1. The minimum atomic E-state index is -2.71. The van der Waals surface area contributed by atoms with E-state index < -0.39 is 12.0 Å². The molecule has 0 aliphatic heterocycles. The summed E-state index contributed by atoms with van der Waals surface area (Å²) in [6.45, 7) is 0. The van der Waals surface area contributed by atoms with E-state index >= 15 is 0 Å². The molecule has 3 nitrogen and oxygen atoms in total. The van der Waals surface area contributed by atoms with Gasteiger partial charge in [0, 0.05) is 0 Å². The zero-order valence-corrected chi connectivity index (χ0v) is 7.92. The van der Waals surface area contributed by atoms with Crippen LogP contribution in [0.25, 0.3) is 0 Å². The zero-order valence-electron chi connectivity index (χ0n) is 5.76. The third-order valence-corrected chi connectivity index (χ3v) is 2.42. The molecular weight excluding hydrogens is 281 g/mol. The van der Waals surface area contributed by atoms with Gasteiger partial charge in [-0.3, -0.25) is 0 Å². The van der Waals surface area contributed by atoms with E-state index in [4.69, 9.17) is 10.8 Å². The molecule has 0 saturated carbocycles. The zero-order chi connectivity index (χ0) is 9.30. The van der Waals surface area contributed by atoms with E-state index in [9.17, 15) is 8.78 Å². The molecule has 0 bridgehead atoms. The van der Waals surface area contributed by atoms with Crippen LogP contribution in [-0.2, 0) is 0 Å². The van der Waals surface area contributed by atoms with Crippen LogP contribution >= 0.6 is 22.6 Å². The molecule has 0 fully saturated rings. The normalized spacial score (nSPS) is 10.7. The second-order valence-electron chi connectivity index (χ2n) is 2.06. The van der Waals surface area contributed by atoms with Crippen LogP contribution in [0.4, 0.5) is 14.6 Å². The number of halogens is 3. The minimum absolute atomic E-state index is 0.0510. The van der Waals surface area contributed by atoms with E-state index in [1.165, 1.54) is 0 Å². The smallest absolute Gasteiger partial charge is 0.268 e. The van der Waals surface area contributed by atoms with E-state index in [2.05, 4.69) is 4.98 Å². The average molecular weight is 286 g/mol. The highest BCUT2D eigenvalue weighted by Gasteiger charge is 2.18. The molecule has 0 radical (unpaired) electrons. The standard InChI is InChI=1S/C6H5F2IN2O/c7-5(8)3-4(9)2(12)1-11-6(3)10/h1,5,12H,(H2,10,11). The lowest BCUT2D eigenvalue weighted by Gasteiger charge is -2.06. The highest BCUT2D eigenvalue weighted by atomic mass is 127. The monoisotopic (exact) mass is 286 g/mol. The Morgan fingerprint density at radius 3 is 2.58 bits per heavy atom. The summed E-state index contributed by atoms with van der Waals surface area (Å²) in [6.07, 6.45) is -1.67. The van der Waals surface area contributed by atoms with Crippen molar-refractivity contribution < 1.29 is 13.9 Å². The van der Waals surface area contributed by atoms with Crippen molar-refractivity contribution in [1.29, 1.82) is 0 Å². The first-order chi connectivity index (χ1) is 5.54. The van der Waals surface area contributed by atoms with Crippen molar-refractivity contribution in [2.45, 2.75) is 6.43 Å². The molecule has 6 heteroatoms. The van der Waals surface area contributed by atoms with E-state index in [0.29, 0.717) is 0 Å². The van der Waals surface area contributed by atoms with Crippen LogP contribution in [0.3, 0.4) is 0 Å². The molecule has 0 unspecified atom stereocenters. The summed E-state index contributed by atoms with van der Waals surface area (Å²) in [5, 5.41) is 9.01. The van der Waals surface area contributed by atoms with Crippen molar-refractivity contribution in [2.75, 3.05) is 5.73 Å². The van der Waals surface area contributed by atoms with Gasteiger partial charge in [-0.15, -0.1) is 0 Å². The highest BCUT2D eigenvalue weighted by Crippen LogP contribution is 2.32. The summed E-state index contributed by atoms with van der Waals surface area (Å²) in [4.78, 5) is 3.40. The van der Waals surface area contributed by atoms with Crippen molar-refractivity contribution in [1.82, 2.24) is 4.98 Å². The fraction of sp³-hybridized carbons (Fsp3) is 0.167. The summed E-state index contributed by atoms with van der Waals surface area (Å²) in [5.41, 5.74) is 4.78. The summed E-state index contributed by atoms with van der Waals surface area (Å²) < 4.78 is 24.5. The van der Waals surface area contributed by atoms with Crippen molar-refractivity contribution in [3.8, 4) is 5.75 Å². The SMILES string of the molecule is Nc1ncc(O)c(I)c1C(F)F. The lowest BCUT2D eigenvalue weighted by atomic mass is 10.2. The fourth-order valence-electron chi connectivity index (χ4n) is 0.715. The molecule has 1 aromatic rings. The third-order valence-electron chi connectivity index (χ3n) is 1.28. The molecule has 1 aromatic heterocycles. The summed E-state index contributed by atoms with van der Waals surface area (Å²) in [7, 11) is 0. The van der Waals surface area contributed by atoms with Crippen molar-refractivity contribution in [2.24, 2.45) is 0 Å². The average Bonchev–Trinajstić information content (AvgIpc) is 1.97. The molecule has 12 heavy (non-hydrogen) atoms. The van der Waals surface area contributed by atoms with Gasteiger partial charge in [0.1, 0.15) is 11.6 Å². The van der Waals surface area contributed by atoms with Crippen LogP contribution < -0.4 is 5.73 Å². The Morgan fingerprint density at radius 1 is 1.58 bits per heavy atom. The Labute approximate surface area is 80.7 Å². The molecule has 0 spiro atoms. The van der Waals surface area contributed by atoms with E-state index in [0.717, 1.165) is 6.20 Å². The predicted molar refractivity (Wildman–Crippen MR) is 48.0 cm³/mol. The quantitative estimate of drug-likeness (QED) is 0.775. The van der Waals surface area contributed by atoms with Crippen LogP contribution in [0.1, 0.15) is 12.0 Å². The molecule has 0 aliphatic rings. The number of nitrogen functional groups attached to an aromatic ring is 1. The predicted octanol–water partition coefficient (Wildman–Crippen LogP) is 1.91. The maximum atomic E-state index is 12.2. The molecule has 0 aliphatic carbocycles. The summed E-state index contributed by atoms with van der Waals surface area (Å²) in [6, 6.07) is 0. The van der Waals surface area contributed by atoms with E-state index in [1.807, 2.05) is 0 Å². The molecule has 0 atom stereocenters. The van der Waals surface area contributed by atoms with Gasteiger partial charge < -0.3 is 10.8 Å². The van der Waals surface area contributed by atoms with Crippen LogP contribution in [0.2, 0.25) is 0 Å². The van der Waals surface area contributed by atoms with Gasteiger partial charge in [-0.2, -0.15) is 0 Å². The second kappa shape index (κ2) is 3.38. The molecule has 1 rings (SSSR count). The maximum absolute atomic E-state index is 12.2. The fourth-order valence-corrected chi connectivity index (χ4v) is 1.37. The van der Waals surface area contributed by atoms with Gasteiger partial charge in [0.15, 0.2) is 0 Å². The largest absolute Gasteiger partial charge is 0.505 e. The van der Waals surface area contributed by atoms with Crippen LogP contribution in [0.15, 0.2) is 6.20 Å². The van der Waals surface area contributed by atoms with Crippen molar-refractivity contribution in [3.05, 3.63) is 15.3 Å². The Kier molecular flexibility index (Phi) is 2.65. The Hall–Kier alpha value is -0.660. The molecule has 0 saturated heterocycles. The molecule has 66 valence electrons. The summed E-state index contributed by atoms with van der Waals surface area (Å²) in [5.74, 6) is -0.521. The van der Waals surface area contributed by atoms with Gasteiger partial charge in [-0.1, -0.05) is 0 Å². The lowest BCUT2D eigenvalue weighted by molar-refractivity contribution is 0.150. The van der Waals surface area contributed by atoms with Gasteiger partial charge in [-0.25, -0.2) is 13.8 Å². The highest BCUT2D eigenvalue weighted by molar-refractivity contribution is 14.1. The first kappa shape index (κ1) is 9.43. The molecule has 0 aromatic carbocycles. The number of pyridine rings is 1. The number of nitrogens with zero attached hydrogens (tertiary/aromatic N) is 1. The van der Waals surface area contributed by atoms with Gasteiger partial charge in [-0.05, 0) is 22.6 Å². The maximum Gasteiger partial charge on any atom is 0.268 e. The van der Waals surface area contributed by atoms with Gasteiger partial charge in [0.2, 0.25) is 0 Å². The minimum Gasteiger partial charge on any atom is -0.505 e. The number of rotatable bonds is 1. The van der Waals surface area contributed by atoms with Gasteiger partial charge in [0.05, 0.1) is 15.3 Å². The van der Waals surface area contributed by atoms with Crippen LogP contribution in [0.5, 0.6) is 5.75 Å². The first-order valence-corrected chi connectivity index (χ1v) is 4.03. The van der Waals surface area contributed by atoms with Gasteiger partial charge in [0.25, 0.3) is 6.43 Å². The van der Waals surface area contributed by atoms with Crippen molar-refractivity contribution >= 4 is 28.4 Å². The van der Waals surface area contributed by atoms with E-state index in [-0.39, 0.29) is 15.1 Å². The number of aromatic hydroxyl groups is 1. The molecule has 0 amide bonds. The lowest BCUT2D eigenvalue weighted by Crippen LogP contribution is -2.00. The first-order valence-electron chi connectivity index (χ1n) is 2.95. The number of nitrogens with two attached hydrogens (primary N) is 1. The second-order valence-corrected chi connectivity index (χ2v) is 3.14. The molecule has 3 N–H and O–H groups in total. The Balaban J connectivity index is 3.33. The third kappa shape index (κ3) is 1.57. The number of alkyl halides is 2. The van der Waals surface area contributed by atoms with Crippen molar-refractivity contribution in [3.63, 3.8) is 0 Å². The molecular formula is C6H5F2IN2O. The van der Waals surface area contributed by atoms with E-state index in [1.54, 1.807) is 22.6 Å². The van der Waals surface area contributed by atoms with Crippen LogP contribution in [-0.4, -0.2) is 10.1 Å². The molecule has 1 heterocycles. The topological polar surface area (TPSA) is 59.1 Å². The number of hydrogen-bond donors (Lipinski definition) is 2. The Bertz CT molecular complexity index is 306. The number of hydrogen-bond acceptors (Lipinski definition) is 3. The van der Waals surface area contributed by atoms with Crippen LogP contribution in [0, 0.1) is 3.57 Å².